The van der Waals surface area contributed by atoms with Crippen molar-refractivity contribution in [2.75, 3.05) is 0 Å². The van der Waals surface area contributed by atoms with Crippen molar-refractivity contribution in [2.24, 2.45) is 0 Å². The van der Waals surface area contributed by atoms with E-state index in [0.29, 0.717) is 0 Å². The zero-order valence-electron chi connectivity index (χ0n) is 10.5. The standard InChI is InChI=1S/C12H10BrF3O5/c1-5(13)9(17)6-3-2-4-7(21-12(14,15)16)8(6)10(18)11(19)20/h2-5,10,18H,1H3,(H,19,20). The highest BCUT2D eigenvalue weighted by atomic mass is 79.9. The molecule has 0 spiro atoms. The summed E-state index contributed by atoms with van der Waals surface area (Å²) >= 11 is 2.94. The molecule has 0 saturated heterocycles. The van der Waals surface area contributed by atoms with Gasteiger partial charge in [0.25, 0.3) is 0 Å². The summed E-state index contributed by atoms with van der Waals surface area (Å²) in [6.07, 6.45) is -7.41. The molecule has 2 unspecified atom stereocenters. The van der Waals surface area contributed by atoms with Gasteiger partial charge in [-0.1, -0.05) is 28.1 Å². The summed E-state index contributed by atoms with van der Waals surface area (Å²) in [5, 5.41) is 18.4. The molecule has 2 N–H and O–H groups in total. The first kappa shape index (κ1) is 17.4. The predicted octanol–water partition coefficient (Wildman–Crippen LogP) is 2.67. The van der Waals surface area contributed by atoms with E-state index in [2.05, 4.69) is 20.7 Å². The number of alkyl halides is 4. The molecule has 0 fully saturated rings. The van der Waals surface area contributed by atoms with Crippen molar-refractivity contribution in [1.29, 1.82) is 0 Å². The second kappa shape index (κ2) is 6.44. The number of carboxylic acid groups (broad SMARTS) is 1. The van der Waals surface area contributed by atoms with Gasteiger partial charge in [0, 0.05) is 11.1 Å². The largest absolute Gasteiger partial charge is 0.573 e. The summed E-state index contributed by atoms with van der Waals surface area (Å²) in [6, 6.07) is 3.04. The second-order valence-electron chi connectivity index (χ2n) is 3.99. The molecule has 0 radical (unpaired) electrons. The summed E-state index contributed by atoms with van der Waals surface area (Å²) in [6.45, 7) is 1.41. The first-order valence-electron chi connectivity index (χ1n) is 5.52. The number of aliphatic hydroxyl groups excluding tert-OH is 1. The van der Waals surface area contributed by atoms with Crippen LogP contribution in [0.4, 0.5) is 13.2 Å². The van der Waals surface area contributed by atoms with Gasteiger partial charge in [-0.15, -0.1) is 13.2 Å². The lowest BCUT2D eigenvalue weighted by molar-refractivity contribution is -0.275. The SMILES string of the molecule is CC(Br)C(=O)c1cccc(OC(F)(F)F)c1C(O)C(=O)O. The average Bonchev–Trinajstić information content (AvgIpc) is 2.34. The number of hydrogen-bond acceptors (Lipinski definition) is 4. The molecule has 0 bridgehead atoms. The first-order valence-corrected chi connectivity index (χ1v) is 6.44. The van der Waals surface area contributed by atoms with Gasteiger partial charge in [0.2, 0.25) is 0 Å². The van der Waals surface area contributed by atoms with Crippen molar-refractivity contribution >= 4 is 27.7 Å². The van der Waals surface area contributed by atoms with Crippen molar-refractivity contribution in [3.8, 4) is 5.75 Å². The topological polar surface area (TPSA) is 83.8 Å². The minimum atomic E-state index is -5.09. The van der Waals surface area contributed by atoms with E-state index in [1.54, 1.807) is 0 Å². The molecule has 1 aromatic carbocycles. The highest BCUT2D eigenvalue weighted by molar-refractivity contribution is 9.10. The minimum Gasteiger partial charge on any atom is -0.479 e. The van der Waals surface area contributed by atoms with Crippen LogP contribution in [-0.4, -0.2) is 33.2 Å². The number of aliphatic carboxylic acids is 1. The number of halogens is 4. The van der Waals surface area contributed by atoms with Gasteiger partial charge < -0.3 is 14.9 Å². The van der Waals surface area contributed by atoms with E-state index in [-0.39, 0.29) is 5.56 Å². The van der Waals surface area contributed by atoms with Crippen molar-refractivity contribution < 1.29 is 37.7 Å². The Bertz CT molecular complexity index is 556. The summed E-state index contributed by atoms with van der Waals surface area (Å²) in [7, 11) is 0. The quantitative estimate of drug-likeness (QED) is 0.614. The molecule has 0 aromatic heterocycles. The Labute approximate surface area is 125 Å². The maximum Gasteiger partial charge on any atom is 0.573 e. The van der Waals surface area contributed by atoms with Gasteiger partial charge in [-0.05, 0) is 13.0 Å². The Morgan fingerprint density at radius 1 is 1.33 bits per heavy atom. The van der Waals surface area contributed by atoms with Gasteiger partial charge in [-0.25, -0.2) is 4.79 Å². The van der Waals surface area contributed by atoms with Crippen molar-refractivity contribution in [1.82, 2.24) is 0 Å². The van der Waals surface area contributed by atoms with Gasteiger partial charge in [0.1, 0.15) is 5.75 Å². The number of ketones is 1. The van der Waals surface area contributed by atoms with Crippen LogP contribution in [0.25, 0.3) is 0 Å². The van der Waals surface area contributed by atoms with Crippen LogP contribution in [-0.2, 0) is 4.79 Å². The van der Waals surface area contributed by atoms with Crippen molar-refractivity contribution in [3.05, 3.63) is 29.3 Å². The van der Waals surface area contributed by atoms with Crippen LogP contribution in [0.2, 0.25) is 0 Å². The number of hydrogen-bond donors (Lipinski definition) is 2. The first-order chi connectivity index (χ1) is 9.54. The highest BCUT2D eigenvalue weighted by Gasteiger charge is 2.35. The molecule has 9 heteroatoms. The van der Waals surface area contributed by atoms with E-state index in [4.69, 9.17) is 5.11 Å². The predicted molar refractivity (Wildman–Crippen MR) is 68.4 cm³/mol. The maximum absolute atomic E-state index is 12.3. The summed E-state index contributed by atoms with van der Waals surface area (Å²) in [4.78, 5) is 22.0. The van der Waals surface area contributed by atoms with E-state index in [9.17, 15) is 27.9 Å². The molecular formula is C12H10BrF3O5. The molecule has 0 saturated carbocycles. The monoisotopic (exact) mass is 370 g/mol. The summed E-state index contributed by atoms with van der Waals surface area (Å²) in [5.41, 5.74) is -1.10. The molecule has 0 amide bonds. The van der Waals surface area contributed by atoms with Gasteiger partial charge in [0.05, 0.1) is 4.83 Å². The molecule has 116 valence electrons. The van der Waals surface area contributed by atoms with Crippen molar-refractivity contribution in [2.45, 2.75) is 24.2 Å². The van der Waals surface area contributed by atoms with Crippen LogP contribution >= 0.6 is 15.9 Å². The number of carbonyl (C=O) groups excluding carboxylic acids is 1. The van der Waals surface area contributed by atoms with Crippen LogP contribution in [0, 0.1) is 0 Å². The number of aliphatic hydroxyl groups is 1. The molecule has 0 heterocycles. The van der Waals surface area contributed by atoms with Gasteiger partial charge in [-0.2, -0.15) is 0 Å². The van der Waals surface area contributed by atoms with Crippen molar-refractivity contribution in [3.63, 3.8) is 0 Å². The Morgan fingerprint density at radius 2 is 1.90 bits per heavy atom. The van der Waals surface area contributed by atoms with Gasteiger partial charge >= 0.3 is 12.3 Å². The molecule has 0 aliphatic carbocycles. The maximum atomic E-state index is 12.3. The lowest BCUT2D eigenvalue weighted by atomic mass is 9.97. The number of benzene rings is 1. The number of rotatable bonds is 5. The third kappa shape index (κ3) is 4.43. The molecule has 5 nitrogen and oxygen atoms in total. The van der Waals surface area contributed by atoms with E-state index in [0.717, 1.165) is 18.2 Å². The number of carboxylic acids is 1. The van der Waals surface area contributed by atoms with E-state index < -0.39 is 40.4 Å². The Hall–Kier alpha value is -1.61. The molecule has 1 rings (SSSR count). The van der Waals surface area contributed by atoms with E-state index >= 15 is 0 Å². The van der Waals surface area contributed by atoms with Crippen LogP contribution in [0.3, 0.4) is 0 Å². The Kier molecular flexibility index (Phi) is 5.35. The third-order valence-electron chi connectivity index (χ3n) is 2.43. The van der Waals surface area contributed by atoms with Crippen LogP contribution in [0.5, 0.6) is 5.75 Å². The molecule has 1 aromatic rings. The lowest BCUT2D eigenvalue weighted by Crippen LogP contribution is -2.23. The van der Waals surface area contributed by atoms with E-state index in [1.165, 1.54) is 6.92 Å². The van der Waals surface area contributed by atoms with Gasteiger partial charge in [0.15, 0.2) is 11.9 Å². The van der Waals surface area contributed by atoms with Gasteiger partial charge in [-0.3, -0.25) is 4.79 Å². The highest BCUT2D eigenvalue weighted by Crippen LogP contribution is 2.34. The molecule has 21 heavy (non-hydrogen) atoms. The Balaban J connectivity index is 3.48. The molecule has 2 atom stereocenters. The summed E-state index contributed by atoms with van der Waals surface area (Å²) < 4.78 is 40.7. The number of Topliss-reactive ketones (excluding diaryl/α,β-unsaturated/α-hetero) is 1. The van der Waals surface area contributed by atoms with Crippen LogP contribution in [0.15, 0.2) is 18.2 Å². The fourth-order valence-electron chi connectivity index (χ4n) is 1.59. The molecular weight excluding hydrogens is 361 g/mol. The minimum absolute atomic E-state index is 0.365. The fourth-order valence-corrected chi connectivity index (χ4v) is 1.84. The zero-order chi connectivity index (χ0) is 16.4. The van der Waals surface area contributed by atoms with E-state index in [1.807, 2.05) is 0 Å². The fraction of sp³-hybridized carbons (Fsp3) is 0.333. The van der Waals surface area contributed by atoms with Crippen LogP contribution < -0.4 is 4.74 Å². The summed E-state index contributed by atoms with van der Waals surface area (Å²) in [5.74, 6) is -3.42. The molecule has 0 aliphatic rings. The Morgan fingerprint density at radius 3 is 2.33 bits per heavy atom. The zero-order valence-corrected chi connectivity index (χ0v) is 12.1. The number of carbonyl (C=O) groups is 2. The molecule has 0 aliphatic heterocycles. The normalized spacial score (nSPS) is 14.4. The van der Waals surface area contributed by atoms with Crippen LogP contribution in [0.1, 0.15) is 28.9 Å². The lowest BCUT2D eigenvalue weighted by Gasteiger charge is -2.18. The number of ether oxygens (including phenoxy) is 1. The smallest absolute Gasteiger partial charge is 0.479 e. The average molecular weight is 371 g/mol. The second-order valence-corrected chi connectivity index (χ2v) is 5.36. The third-order valence-corrected chi connectivity index (χ3v) is 2.84.